The Labute approximate surface area is 220 Å². The van der Waals surface area contributed by atoms with Gasteiger partial charge in [0.05, 0.1) is 10.3 Å². The lowest BCUT2D eigenvalue weighted by Gasteiger charge is -2.30. The molecule has 13 heteroatoms. The lowest BCUT2D eigenvalue weighted by Crippen LogP contribution is -2.57. The number of carbonyl (C=O) groups excluding carboxylic acids is 1. The Balaban J connectivity index is 1.97. The quantitative estimate of drug-likeness (QED) is 0.268. The van der Waals surface area contributed by atoms with Crippen molar-refractivity contribution in [2.24, 2.45) is 0 Å². The summed E-state index contributed by atoms with van der Waals surface area (Å²) in [6, 6.07) is 9.90. The highest BCUT2D eigenvalue weighted by Crippen LogP contribution is 2.37. The van der Waals surface area contributed by atoms with Crippen molar-refractivity contribution in [1.29, 1.82) is 0 Å². The number of carboxylic acid groups (broad SMARTS) is 1. The van der Waals surface area contributed by atoms with Crippen molar-refractivity contribution in [2.75, 3.05) is 6.26 Å². The monoisotopic (exact) mass is 573 g/mol. The van der Waals surface area contributed by atoms with Crippen LogP contribution in [0.15, 0.2) is 59.5 Å². The number of benzene rings is 3. The molecule has 0 bridgehead atoms. The summed E-state index contributed by atoms with van der Waals surface area (Å²) < 4.78 is 80.0. The zero-order chi connectivity index (χ0) is 28.5. The van der Waals surface area contributed by atoms with E-state index in [1.54, 1.807) is 0 Å². The largest absolute Gasteiger partial charge is 0.487 e. The minimum absolute atomic E-state index is 0.0323. The molecule has 0 unspecified atom stereocenters. The molecule has 204 valence electrons. The maximum Gasteiger partial charge on any atom is 0.446 e. The predicted octanol–water partition coefficient (Wildman–Crippen LogP) is 5.18. The number of carbonyl (C=O) groups is 2. The molecule has 7 nitrogen and oxygen atoms in total. The van der Waals surface area contributed by atoms with Crippen molar-refractivity contribution in [3.63, 3.8) is 0 Å². The zero-order valence-corrected chi connectivity index (χ0v) is 21.9. The lowest BCUT2D eigenvalue weighted by molar-refractivity contribution is -0.140. The number of sulfone groups is 1. The number of amides is 1. The van der Waals surface area contributed by atoms with Gasteiger partial charge in [0.15, 0.2) is 9.84 Å². The first-order chi connectivity index (χ1) is 17.5. The number of fused-ring (bicyclic) bond motifs is 1. The molecule has 2 N–H and O–H groups in total. The summed E-state index contributed by atoms with van der Waals surface area (Å²) in [5.74, 6) is -3.13. The van der Waals surface area contributed by atoms with E-state index in [9.17, 15) is 40.7 Å². The van der Waals surface area contributed by atoms with Gasteiger partial charge in [0.1, 0.15) is 24.2 Å². The number of thioether (sulfide) groups is 1. The summed E-state index contributed by atoms with van der Waals surface area (Å²) in [5.41, 5.74) is -4.13. The van der Waals surface area contributed by atoms with Crippen molar-refractivity contribution in [1.82, 2.24) is 5.32 Å². The first kappa shape index (κ1) is 29.2. The Morgan fingerprint density at radius 2 is 1.68 bits per heavy atom. The van der Waals surface area contributed by atoms with Gasteiger partial charge in [0.2, 0.25) is 0 Å². The third-order valence-electron chi connectivity index (χ3n) is 5.89. The minimum atomic E-state index is -4.45. The highest BCUT2D eigenvalue weighted by Gasteiger charge is 2.44. The van der Waals surface area contributed by atoms with Crippen LogP contribution < -0.4 is 10.1 Å². The van der Waals surface area contributed by atoms with Crippen LogP contribution in [0.5, 0.6) is 5.75 Å². The minimum Gasteiger partial charge on any atom is -0.487 e. The number of ether oxygens (including phenoxy) is 1. The van der Waals surface area contributed by atoms with E-state index in [0.29, 0.717) is 16.3 Å². The van der Waals surface area contributed by atoms with Crippen molar-refractivity contribution >= 4 is 44.2 Å². The number of hydrogen-bond acceptors (Lipinski definition) is 6. The van der Waals surface area contributed by atoms with Crippen molar-refractivity contribution in [3.8, 4) is 5.75 Å². The number of carboxylic acids is 1. The molecule has 0 spiro atoms. The maximum absolute atomic E-state index is 13.8. The highest BCUT2D eigenvalue weighted by atomic mass is 32.2. The SMILES string of the molecule is CC(C)([C@H](NC(=O)c1ccc2cc(F)ccc2c1OCc1ccc(SC(F)(F)F)cc1)C(=O)O)S(C)(=O)=O. The van der Waals surface area contributed by atoms with E-state index in [1.165, 1.54) is 62.4 Å². The van der Waals surface area contributed by atoms with Crippen LogP contribution in [0.3, 0.4) is 0 Å². The number of rotatable bonds is 9. The average Bonchev–Trinajstić information content (AvgIpc) is 2.79. The Bertz CT molecular complexity index is 1470. The maximum atomic E-state index is 13.8. The van der Waals surface area contributed by atoms with Crippen LogP contribution in [-0.4, -0.2) is 48.0 Å². The molecule has 38 heavy (non-hydrogen) atoms. The molecule has 1 amide bonds. The summed E-state index contributed by atoms with van der Waals surface area (Å²) in [5, 5.41) is 12.6. The van der Waals surface area contributed by atoms with Gasteiger partial charge in [-0.15, -0.1) is 0 Å². The van der Waals surface area contributed by atoms with Crippen LogP contribution in [0.4, 0.5) is 17.6 Å². The molecule has 0 aliphatic heterocycles. The zero-order valence-electron chi connectivity index (χ0n) is 20.3. The fourth-order valence-electron chi connectivity index (χ4n) is 3.51. The molecule has 3 aromatic rings. The van der Waals surface area contributed by atoms with Crippen LogP contribution in [0.2, 0.25) is 0 Å². The third kappa shape index (κ3) is 6.76. The number of nitrogens with one attached hydrogen (secondary N) is 1. The first-order valence-electron chi connectivity index (χ1n) is 10.9. The molecule has 0 heterocycles. The second-order valence-electron chi connectivity index (χ2n) is 8.91. The smallest absolute Gasteiger partial charge is 0.446 e. The van der Waals surface area contributed by atoms with Crippen molar-refractivity contribution in [3.05, 3.63) is 71.5 Å². The fraction of sp³-hybridized carbons (Fsp3) is 0.280. The van der Waals surface area contributed by atoms with E-state index >= 15 is 0 Å². The molecule has 0 saturated heterocycles. The Morgan fingerprint density at radius 3 is 2.24 bits per heavy atom. The lowest BCUT2D eigenvalue weighted by atomic mass is 10.0. The predicted molar refractivity (Wildman–Crippen MR) is 134 cm³/mol. The molecule has 0 aromatic heterocycles. The van der Waals surface area contributed by atoms with Gasteiger partial charge in [-0.25, -0.2) is 17.6 Å². The average molecular weight is 574 g/mol. The van der Waals surface area contributed by atoms with Gasteiger partial charge in [-0.2, -0.15) is 13.2 Å². The third-order valence-corrected chi connectivity index (χ3v) is 8.78. The van der Waals surface area contributed by atoms with E-state index in [0.717, 1.165) is 12.3 Å². The van der Waals surface area contributed by atoms with Gasteiger partial charge < -0.3 is 15.2 Å². The van der Waals surface area contributed by atoms with Gasteiger partial charge in [0, 0.05) is 16.5 Å². The van der Waals surface area contributed by atoms with E-state index in [2.05, 4.69) is 5.32 Å². The van der Waals surface area contributed by atoms with Crippen LogP contribution in [0.1, 0.15) is 29.8 Å². The Kier molecular flexibility index (Phi) is 8.32. The molecule has 3 aromatic carbocycles. The number of halogens is 4. The van der Waals surface area contributed by atoms with Gasteiger partial charge in [-0.1, -0.05) is 18.2 Å². The number of aliphatic carboxylic acids is 1. The van der Waals surface area contributed by atoms with Crippen LogP contribution in [0.25, 0.3) is 10.8 Å². The Hall–Kier alpha value is -3.32. The van der Waals surface area contributed by atoms with Crippen molar-refractivity contribution in [2.45, 2.75) is 41.6 Å². The van der Waals surface area contributed by atoms with Crippen LogP contribution in [0, 0.1) is 5.82 Å². The second-order valence-corrected chi connectivity index (χ2v) is 12.6. The van der Waals surface area contributed by atoms with Crippen LogP contribution >= 0.6 is 11.8 Å². The van der Waals surface area contributed by atoms with Crippen molar-refractivity contribution < 1.29 is 45.4 Å². The Morgan fingerprint density at radius 1 is 1.05 bits per heavy atom. The van der Waals surface area contributed by atoms with E-state index < -0.39 is 43.8 Å². The van der Waals surface area contributed by atoms with Gasteiger partial charge in [-0.3, -0.25) is 4.79 Å². The molecule has 0 saturated carbocycles. The molecule has 0 aliphatic rings. The van der Waals surface area contributed by atoms with E-state index in [-0.39, 0.29) is 34.6 Å². The number of hydrogen-bond donors (Lipinski definition) is 2. The highest BCUT2D eigenvalue weighted by molar-refractivity contribution is 8.00. The second kappa shape index (κ2) is 10.8. The summed E-state index contributed by atoms with van der Waals surface area (Å²) >= 11 is -0.275. The topological polar surface area (TPSA) is 110 Å². The van der Waals surface area contributed by atoms with E-state index in [4.69, 9.17) is 4.74 Å². The van der Waals surface area contributed by atoms with Gasteiger partial charge >= 0.3 is 11.5 Å². The molecule has 3 rings (SSSR count). The standard InChI is InChI=1S/C25H23F4NO6S2/c1-24(2,38(3,34)35)21(23(32)33)30-22(31)19-10-6-15-12-16(26)7-11-18(15)20(19)36-13-14-4-8-17(9-5-14)37-25(27,28)29/h4-12,21H,13H2,1-3H3,(H,30,31)(H,32,33)/t21-/m1/s1. The van der Waals surface area contributed by atoms with Gasteiger partial charge in [-0.05, 0) is 73.0 Å². The molecule has 0 aliphatic carbocycles. The fourth-order valence-corrected chi connectivity index (χ4v) is 4.63. The van der Waals surface area contributed by atoms with Crippen LogP contribution in [-0.2, 0) is 21.2 Å². The van der Waals surface area contributed by atoms with Gasteiger partial charge in [0.25, 0.3) is 5.91 Å². The molecular formula is C25H23F4NO6S2. The molecular weight excluding hydrogens is 550 g/mol. The molecule has 0 fully saturated rings. The summed E-state index contributed by atoms with van der Waals surface area (Å²) in [6.45, 7) is 2.15. The summed E-state index contributed by atoms with van der Waals surface area (Å²) in [4.78, 5) is 25.1. The van der Waals surface area contributed by atoms with E-state index in [1.807, 2.05) is 0 Å². The summed E-state index contributed by atoms with van der Waals surface area (Å²) in [7, 11) is -3.93. The molecule has 0 radical (unpaired) electrons. The number of alkyl halides is 3. The molecule has 1 atom stereocenters. The summed E-state index contributed by atoms with van der Waals surface area (Å²) in [6.07, 6.45) is 0.854. The normalized spacial score (nSPS) is 13.2. The first-order valence-corrected chi connectivity index (χ1v) is 13.6.